The van der Waals surface area contributed by atoms with Crippen LogP contribution in [0.1, 0.15) is 46.0 Å². The molecule has 3 heteroatoms. The topological polar surface area (TPSA) is 55.5 Å². The quantitative estimate of drug-likeness (QED) is 0.561. The Labute approximate surface area is 87.6 Å². The highest BCUT2D eigenvalue weighted by Crippen LogP contribution is 2.11. The Hall–Kier alpha value is -0.120. The predicted octanol–water partition coefficient (Wildman–Crippen LogP) is 1.68. The van der Waals surface area contributed by atoms with Crippen LogP contribution >= 0.6 is 0 Å². The highest BCUT2D eigenvalue weighted by molar-refractivity contribution is 4.80. The fraction of sp³-hybridized carbons (Fsp3) is 1.00. The van der Waals surface area contributed by atoms with Crippen molar-refractivity contribution in [3.05, 3.63) is 0 Å². The molecule has 0 aliphatic carbocycles. The second-order valence-corrected chi connectivity index (χ2v) is 3.91. The van der Waals surface area contributed by atoms with Gasteiger partial charge in [0, 0.05) is 18.8 Å². The Morgan fingerprint density at radius 3 is 2.29 bits per heavy atom. The van der Waals surface area contributed by atoms with Gasteiger partial charge >= 0.3 is 0 Å². The third-order valence-corrected chi connectivity index (χ3v) is 2.74. The SMILES string of the molecule is CCC(N)(CC)COCCCCCO. The molecule has 0 atom stereocenters. The van der Waals surface area contributed by atoms with Crippen LogP contribution in [-0.2, 0) is 4.74 Å². The molecule has 0 aromatic rings. The first-order valence-electron chi connectivity index (χ1n) is 5.66. The highest BCUT2D eigenvalue weighted by atomic mass is 16.5. The number of unbranched alkanes of at least 4 members (excludes halogenated alkanes) is 2. The molecule has 0 rings (SSSR count). The summed E-state index contributed by atoms with van der Waals surface area (Å²) in [5, 5.41) is 8.57. The second kappa shape index (κ2) is 8.21. The number of ether oxygens (including phenoxy) is 1. The van der Waals surface area contributed by atoms with Crippen LogP contribution in [0.25, 0.3) is 0 Å². The molecular weight excluding hydrogens is 178 g/mol. The number of hydrogen-bond donors (Lipinski definition) is 2. The van der Waals surface area contributed by atoms with Gasteiger partial charge in [-0.1, -0.05) is 13.8 Å². The van der Waals surface area contributed by atoms with E-state index in [0.717, 1.165) is 38.7 Å². The van der Waals surface area contributed by atoms with Crippen molar-refractivity contribution in [2.75, 3.05) is 19.8 Å². The third kappa shape index (κ3) is 6.35. The first-order chi connectivity index (χ1) is 6.68. The molecule has 14 heavy (non-hydrogen) atoms. The first-order valence-corrected chi connectivity index (χ1v) is 5.66. The molecule has 0 spiro atoms. The molecule has 0 unspecified atom stereocenters. The van der Waals surface area contributed by atoms with Gasteiger partial charge in [-0.3, -0.25) is 0 Å². The van der Waals surface area contributed by atoms with E-state index in [1.807, 2.05) is 0 Å². The van der Waals surface area contributed by atoms with Crippen LogP contribution in [0.2, 0.25) is 0 Å². The summed E-state index contributed by atoms with van der Waals surface area (Å²) < 4.78 is 5.52. The zero-order chi connectivity index (χ0) is 10.9. The maximum Gasteiger partial charge on any atom is 0.0645 e. The van der Waals surface area contributed by atoms with Gasteiger partial charge in [-0.2, -0.15) is 0 Å². The van der Waals surface area contributed by atoms with Gasteiger partial charge in [-0.25, -0.2) is 0 Å². The number of aliphatic hydroxyl groups is 1. The van der Waals surface area contributed by atoms with Gasteiger partial charge in [0.15, 0.2) is 0 Å². The summed E-state index contributed by atoms with van der Waals surface area (Å²) in [4.78, 5) is 0. The monoisotopic (exact) mass is 203 g/mol. The Morgan fingerprint density at radius 2 is 1.79 bits per heavy atom. The second-order valence-electron chi connectivity index (χ2n) is 3.91. The van der Waals surface area contributed by atoms with Crippen molar-refractivity contribution >= 4 is 0 Å². The normalized spacial score (nSPS) is 12.0. The number of rotatable bonds is 9. The Morgan fingerprint density at radius 1 is 1.14 bits per heavy atom. The molecule has 3 N–H and O–H groups in total. The largest absolute Gasteiger partial charge is 0.396 e. The smallest absolute Gasteiger partial charge is 0.0645 e. The van der Waals surface area contributed by atoms with E-state index in [0.29, 0.717) is 6.61 Å². The van der Waals surface area contributed by atoms with Gasteiger partial charge in [-0.15, -0.1) is 0 Å². The minimum absolute atomic E-state index is 0.142. The number of hydrogen-bond acceptors (Lipinski definition) is 3. The van der Waals surface area contributed by atoms with Crippen molar-refractivity contribution in [3.8, 4) is 0 Å². The zero-order valence-corrected chi connectivity index (χ0v) is 9.59. The van der Waals surface area contributed by atoms with Crippen LogP contribution in [0, 0.1) is 0 Å². The summed E-state index contributed by atoms with van der Waals surface area (Å²) in [6.07, 6.45) is 4.84. The van der Waals surface area contributed by atoms with Gasteiger partial charge in [0.05, 0.1) is 6.61 Å². The van der Waals surface area contributed by atoms with E-state index in [1.54, 1.807) is 0 Å². The van der Waals surface area contributed by atoms with E-state index >= 15 is 0 Å². The highest BCUT2D eigenvalue weighted by Gasteiger charge is 2.19. The fourth-order valence-corrected chi connectivity index (χ4v) is 1.22. The van der Waals surface area contributed by atoms with E-state index in [9.17, 15) is 0 Å². The average Bonchev–Trinajstić information content (AvgIpc) is 2.23. The van der Waals surface area contributed by atoms with Gasteiger partial charge in [0.2, 0.25) is 0 Å². The Kier molecular flexibility index (Phi) is 8.14. The van der Waals surface area contributed by atoms with Crippen LogP contribution in [0.3, 0.4) is 0 Å². The van der Waals surface area contributed by atoms with Crippen LogP contribution in [0.5, 0.6) is 0 Å². The lowest BCUT2D eigenvalue weighted by Crippen LogP contribution is -2.43. The van der Waals surface area contributed by atoms with Crippen molar-refractivity contribution in [2.24, 2.45) is 5.73 Å². The first kappa shape index (κ1) is 13.9. The molecule has 0 fully saturated rings. The van der Waals surface area contributed by atoms with Crippen LogP contribution in [0.4, 0.5) is 0 Å². The van der Waals surface area contributed by atoms with E-state index < -0.39 is 0 Å². The molecule has 0 aliphatic rings. The van der Waals surface area contributed by atoms with Crippen molar-refractivity contribution in [3.63, 3.8) is 0 Å². The van der Waals surface area contributed by atoms with E-state index in [-0.39, 0.29) is 12.1 Å². The summed E-state index contributed by atoms with van der Waals surface area (Å²) in [6.45, 7) is 5.89. The summed E-state index contributed by atoms with van der Waals surface area (Å²) in [5.74, 6) is 0. The van der Waals surface area contributed by atoms with Crippen LogP contribution in [0.15, 0.2) is 0 Å². The molecule has 0 aliphatic heterocycles. The summed E-state index contributed by atoms with van der Waals surface area (Å²) >= 11 is 0. The molecular formula is C11H25NO2. The minimum Gasteiger partial charge on any atom is -0.396 e. The minimum atomic E-state index is -0.142. The fourth-order valence-electron chi connectivity index (χ4n) is 1.22. The maximum atomic E-state index is 8.57. The molecule has 0 saturated heterocycles. The molecule has 0 aromatic carbocycles. The van der Waals surface area contributed by atoms with Crippen molar-refractivity contribution < 1.29 is 9.84 Å². The molecule has 0 aromatic heterocycles. The van der Waals surface area contributed by atoms with E-state index in [1.165, 1.54) is 0 Å². The number of aliphatic hydroxyl groups excluding tert-OH is 1. The van der Waals surface area contributed by atoms with Crippen molar-refractivity contribution in [1.82, 2.24) is 0 Å². The van der Waals surface area contributed by atoms with Gasteiger partial charge in [0.1, 0.15) is 0 Å². The summed E-state index contributed by atoms with van der Waals surface area (Å²) in [7, 11) is 0. The molecule has 0 radical (unpaired) electrons. The van der Waals surface area contributed by atoms with E-state index in [4.69, 9.17) is 15.6 Å². The van der Waals surface area contributed by atoms with Gasteiger partial charge in [-0.05, 0) is 32.1 Å². The predicted molar refractivity (Wildman–Crippen MR) is 59.3 cm³/mol. The molecule has 0 amide bonds. The van der Waals surface area contributed by atoms with Gasteiger partial charge < -0.3 is 15.6 Å². The zero-order valence-electron chi connectivity index (χ0n) is 9.59. The lowest BCUT2D eigenvalue weighted by Gasteiger charge is -2.26. The van der Waals surface area contributed by atoms with Crippen LogP contribution in [-0.4, -0.2) is 30.5 Å². The van der Waals surface area contributed by atoms with E-state index in [2.05, 4.69) is 13.8 Å². The lowest BCUT2D eigenvalue weighted by atomic mass is 9.96. The van der Waals surface area contributed by atoms with Crippen molar-refractivity contribution in [2.45, 2.75) is 51.5 Å². The molecule has 0 bridgehead atoms. The Balaban J connectivity index is 3.34. The van der Waals surface area contributed by atoms with Crippen LogP contribution < -0.4 is 5.73 Å². The summed E-state index contributed by atoms with van der Waals surface area (Å²) in [5.41, 5.74) is 5.93. The van der Waals surface area contributed by atoms with Gasteiger partial charge in [0.25, 0.3) is 0 Å². The molecule has 3 nitrogen and oxygen atoms in total. The molecule has 0 saturated carbocycles. The third-order valence-electron chi connectivity index (χ3n) is 2.74. The number of nitrogens with two attached hydrogens (primary N) is 1. The lowest BCUT2D eigenvalue weighted by molar-refractivity contribution is 0.0776. The average molecular weight is 203 g/mol. The Bertz CT molecular complexity index is 124. The molecule has 86 valence electrons. The molecule has 0 heterocycles. The summed E-state index contributed by atoms with van der Waals surface area (Å²) in [6, 6.07) is 0. The van der Waals surface area contributed by atoms with Crippen molar-refractivity contribution in [1.29, 1.82) is 0 Å². The maximum absolute atomic E-state index is 8.57. The standard InChI is InChI=1S/C11H25NO2/c1-3-11(12,4-2)10-14-9-7-5-6-8-13/h13H,3-10,12H2,1-2H3.